The number of thiocarbonyl (C=S) groups is 1. The van der Waals surface area contributed by atoms with Crippen LogP contribution in [0.5, 0.6) is 0 Å². The molecule has 6 heteroatoms. The molecule has 30 heavy (non-hydrogen) atoms. The highest BCUT2D eigenvalue weighted by atomic mass is 32.1. The summed E-state index contributed by atoms with van der Waals surface area (Å²) in [6, 6.07) is 19.3. The Balaban J connectivity index is 1.74. The summed E-state index contributed by atoms with van der Waals surface area (Å²) < 4.78 is 1.95. The van der Waals surface area contributed by atoms with Crippen LogP contribution in [-0.2, 0) is 16.0 Å². The number of anilines is 1. The highest BCUT2D eigenvalue weighted by molar-refractivity contribution is 7.80. The lowest BCUT2D eigenvalue weighted by atomic mass is 10.1. The summed E-state index contributed by atoms with van der Waals surface area (Å²) >= 11 is 5.29. The molecule has 1 saturated heterocycles. The van der Waals surface area contributed by atoms with E-state index in [1.54, 1.807) is 6.08 Å². The summed E-state index contributed by atoms with van der Waals surface area (Å²) in [4.78, 5) is 27.2. The van der Waals surface area contributed by atoms with Gasteiger partial charge in [-0.25, -0.2) is 0 Å². The highest BCUT2D eigenvalue weighted by Gasteiger charge is 2.34. The fraction of sp³-hybridized carbons (Fsp3) is 0.125. The van der Waals surface area contributed by atoms with Gasteiger partial charge >= 0.3 is 0 Å². The first-order valence-electron chi connectivity index (χ1n) is 9.73. The SMILES string of the molecule is CCc1ccc(N2C(=O)/C(=C/c3cccn3-c3ccccc3C)C(=O)NC2=S)cc1. The van der Waals surface area contributed by atoms with Gasteiger partial charge in [0.2, 0.25) is 0 Å². The van der Waals surface area contributed by atoms with Crippen LogP contribution in [0.3, 0.4) is 0 Å². The van der Waals surface area contributed by atoms with Gasteiger partial charge in [0.05, 0.1) is 5.69 Å². The molecule has 0 atom stereocenters. The number of carbonyl (C=O) groups excluding carboxylic acids is 2. The fourth-order valence-corrected chi connectivity index (χ4v) is 3.77. The van der Waals surface area contributed by atoms with E-state index < -0.39 is 11.8 Å². The van der Waals surface area contributed by atoms with Crippen molar-refractivity contribution in [3.8, 4) is 5.69 Å². The summed E-state index contributed by atoms with van der Waals surface area (Å²) in [5.41, 5.74) is 4.63. The lowest BCUT2D eigenvalue weighted by molar-refractivity contribution is -0.122. The zero-order valence-electron chi connectivity index (χ0n) is 16.8. The van der Waals surface area contributed by atoms with E-state index >= 15 is 0 Å². The molecule has 0 unspecified atom stereocenters. The normalized spacial score (nSPS) is 15.6. The number of para-hydroxylation sites is 1. The second kappa shape index (κ2) is 8.08. The number of amides is 2. The summed E-state index contributed by atoms with van der Waals surface area (Å²) in [6.07, 6.45) is 4.42. The van der Waals surface area contributed by atoms with Crippen molar-refractivity contribution in [1.29, 1.82) is 0 Å². The van der Waals surface area contributed by atoms with Crippen LogP contribution < -0.4 is 10.2 Å². The largest absolute Gasteiger partial charge is 0.317 e. The molecular formula is C24H21N3O2S. The third kappa shape index (κ3) is 3.57. The molecule has 1 N–H and O–H groups in total. The number of nitrogens with one attached hydrogen (secondary N) is 1. The average molecular weight is 416 g/mol. The molecule has 5 nitrogen and oxygen atoms in total. The Morgan fingerprint density at radius 1 is 1.00 bits per heavy atom. The van der Waals surface area contributed by atoms with Gasteiger partial charge in [0.15, 0.2) is 5.11 Å². The molecule has 1 aliphatic rings. The van der Waals surface area contributed by atoms with Gasteiger partial charge in [-0.3, -0.25) is 19.8 Å². The fourth-order valence-electron chi connectivity index (χ4n) is 3.49. The summed E-state index contributed by atoms with van der Waals surface area (Å²) in [6.45, 7) is 4.08. The number of aromatic nitrogens is 1. The lowest BCUT2D eigenvalue weighted by Crippen LogP contribution is -2.54. The Bertz CT molecular complexity index is 1180. The van der Waals surface area contributed by atoms with Crippen LogP contribution in [0.1, 0.15) is 23.7 Å². The quantitative estimate of drug-likeness (QED) is 0.395. The molecule has 1 aromatic heterocycles. The van der Waals surface area contributed by atoms with Crippen molar-refractivity contribution < 1.29 is 9.59 Å². The molecule has 1 aliphatic heterocycles. The molecule has 4 rings (SSSR count). The molecule has 2 aromatic carbocycles. The first kappa shape index (κ1) is 19.8. The average Bonchev–Trinajstić information content (AvgIpc) is 3.20. The molecule has 150 valence electrons. The molecule has 0 saturated carbocycles. The second-order valence-electron chi connectivity index (χ2n) is 7.07. The predicted octanol–water partition coefficient (Wildman–Crippen LogP) is 4.18. The molecule has 0 aliphatic carbocycles. The molecule has 0 spiro atoms. The molecular weight excluding hydrogens is 394 g/mol. The Hall–Kier alpha value is -3.51. The maximum absolute atomic E-state index is 13.2. The van der Waals surface area contributed by atoms with Crippen LogP contribution in [0, 0.1) is 6.92 Å². The van der Waals surface area contributed by atoms with Crippen molar-refractivity contribution >= 4 is 40.9 Å². The van der Waals surface area contributed by atoms with E-state index in [4.69, 9.17) is 12.2 Å². The first-order valence-corrected chi connectivity index (χ1v) is 10.1. The maximum Gasteiger partial charge on any atom is 0.270 e. The minimum Gasteiger partial charge on any atom is -0.317 e. The highest BCUT2D eigenvalue weighted by Crippen LogP contribution is 2.24. The minimum absolute atomic E-state index is 0.0386. The van der Waals surface area contributed by atoms with Crippen LogP contribution in [0.4, 0.5) is 5.69 Å². The van der Waals surface area contributed by atoms with Crippen molar-refractivity contribution in [2.75, 3.05) is 4.90 Å². The third-order valence-corrected chi connectivity index (χ3v) is 5.44. The summed E-state index contributed by atoms with van der Waals surface area (Å²) in [5.74, 6) is -0.936. The van der Waals surface area contributed by atoms with Crippen LogP contribution >= 0.6 is 12.2 Å². The first-order chi connectivity index (χ1) is 14.5. The lowest BCUT2D eigenvalue weighted by Gasteiger charge is -2.29. The minimum atomic E-state index is -0.496. The molecule has 0 radical (unpaired) electrons. The van der Waals surface area contributed by atoms with Crippen molar-refractivity contribution in [1.82, 2.24) is 9.88 Å². The van der Waals surface area contributed by atoms with E-state index in [1.165, 1.54) is 4.90 Å². The van der Waals surface area contributed by atoms with E-state index in [-0.39, 0.29) is 10.7 Å². The Morgan fingerprint density at radius 3 is 2.43 bits per heavy atom. The van der Waals surface area contributed by atoms with Gasteiger partial charge in [-0.2, -0.15) is 0 Å². The van der Waals surface area contributed by atoms with Crippen molar-refractivity contribution in [2.45, 2.75) is 20.3 Å². The van der Waals surface area contributed by atoms with Gasteiger partial charge in [0.25, 0.3) is 11.8 Å². The molecule has 2 heterocycles. The molecule has 2 amide bonds. The van der Waals surface area contributed by atoms with Crippen molar-refractivity contribution in [3.05, 3.63) is 89.3 Å². The number of carbonyl (C=O) groups is 2. The maximum atomic E-state index is 13.2. The van der Waals surface area contributed by atoms with E-state index in [1.807, 2.05) is 78.4 Å². The smallest absolute Gasteiger partial charge is 0.270 e. The number of hydrogen-bond donors (Lipinski definition) is 1. The van der Waals surface area contributed by atoms with Crippen molar-refractivity contribution in [2.24, 2.45) is 0 Å². The standard InChI is InChI=1S/C24H21N3O2S/c1-3-17-10-12-18(13-11-17)27-23(29)20(22(28)25-24(27)30)15-19-8-6-14-26(19)21-9-5-4-7-16(21)2/h4-15H,3H2,1-2H3,(H,25,28,30)/b20-15+. The molecule has 1 fully saturated rings. The third-order valence-electron chi connectivity index (χ3n) is 5.15. The Labute approximate surface area is 180 Å². The second-order valence-corrected chi connectivity index (χ2v) is 7.45. The summed E-state index contributed by atoms with van der Waals surface area (Å²) in [5, 5.41) is 2.72. The zero-order chi connectivity index (χ0) is 21.3. The van der Waals surface area contributed by atoms with E-state index in [2.05, 4.69) is 12.2 Å². The Morgan fingerprint density at radius 2 is 1.73 bits per heavy atom. The van der Waals surface area contributed by atoms with Gasteiger partial charge in [-0.1, -0.05) is 37.3 Å². The predicted molar refractivity (Wildman–Crippen MR) is 123 cm³/mol. The molecule has 0 bridgehead atoms. The van der Waals surface area contributed by atoms with Gasteiger partial charge in [-0.05, 0) is 73.1 Å². The molecule has 3 aromatic rings. The number of benzene rings is 2. The number of nitrogens with zero attached hydrogens (tertiary/aromatic N) is 2. The zero-order valence-corrected chi connectivity index (χ0v) is 17.6. The van der Waals surface area contributed by atoms with Gasteiger partial charge in [0, 0.05) is 17.6 Å². The summed E-state index contributed by atoms with van der Waals surface area (Å²) in [7, 11) is 0. The van der Waals surface area contributed by atoms with E-state index in [0.717, 1.165) is 28.9 Å². The van der Waals surface area contributed by atoms with Crippen LogP contribution in [-0.4, -0.2) is 21.5 Å². The number of hydrogen-bond acceptors (Lipinski definition) is 3. The van der Waals surface area contributed by atoms with Crippen molar-refractivity contribution in [3.63, 3.8) is 0 Å². The van der Waals surface area contributed by atoms with Gasteiger partial charge in [-0.15, -0.1) is 0 Å². The van der Waals surface area contributed by atoms with Crippen LogP contribution in [0.2, 0.25) is 0 Å². The van der Waals surface area contributed by atoms with Gasteiger partial charge < -0.3 is 4.57 Å². The van der Waals surface area contributed by atoms with Gasteiger partial charge in [0.1, 0.15) is 5.57 Å². The monoisotopic (exact) mass is 415 g/mol. The van der Waals surface area contributed by atoms with E-state index in [0.29, 0.717) is 5.69 Å². The van der Waals surface area contributed by atoms with E-state index in [9.17, 15) is 9.59 Å². The topological polar surface area (TPSA) is 54.3 Å². The number of aryl methyl sites for hydroxylation is 2. The Kier molecular flexibility index (Phi) is 5.33. The number of rotatable bonds is 4. The van der Waals surface area contributed by atoms with Crippen LogP contribution in [0.25, 0.3) is 11.8 Å². The van der Waals surface area contributed by atoms with Crippen LogP contribution in [0.15, 0.2) is 72.4 Å².